The van der Waals surface area contributed by atoms with Crippen molar-refractivity contribution in [2.45, 2.75) is 6.54 Å². The molecule has 0 bridgehead atoms. The van der Waals surface area contributed by atoms with E-state index in [1.165, 1.54) is 12.1 Å². The summed E-state index contributed by atoms with van der Waals surface area (Å²) in [5.74, 6) is -0.209. The lowest BCUT2D eigenvalue weighted by atomic mass is 10.2. The lowest BCUT2D eigenvalue weighted by Crippen LogP contribution is -1.97. The number of halogens is 2. The molecule has 18 heavy (non-hydrogen) atoms. The van der Waals surface area contributed by atoms with Crippen LogP contribution in [0.4, 0.5) is 4.39 Å². The van der Waals surface area contributed by atoms with Crippen LogP contribution in [0.1, 0.15) is 5.56 Å². The molecule has 0 aliphatic heterocycles. The Morgan fingerprint density at radius 3 is 2.72 bits per heavy atom. The average Bonchev–Trinajstić information content (AvgIpc) is 2.70. The SMILES string of the molecule is Fc1ccc(Cn2cc(Br)c3ccncc32)cc1. The summed E-state index contributed by atoms with van der Waals surface area (Å²) < 4.78 is 16.0. The molecule has 2 aromatic heterocycles. The Morgan fingerprint density at radius 1 is 1.17 bits per heavy atom. The van der Waals surface area contributed by atoms with Crippen LogP contribution in [0.2, 0.25) is 0 Å². The predicted molar refractivity (Wildman–Crippen MR) is 72.9 cm³/mol. The van der Waals surface area contributed by atoms with Gasteiger partial charge in [-0.2, -0.15) is 0 Å². The van der Waals surface area contributed by atoms with E-state index >= 15 is 0 Å². The first-order valence-electron chi connectivity index (χ1n) is 5.57. The monoisotopic (exact) mass is 304 g/mol. The summed E-state index contributed by atoms with van der Waals surface area (Å²) in [5, 5.41) is 1.13. The van der Waals surface area contributed by atoms with Crippen LogP contribution >= 0.6 is 15.9 Å². The smallest absolute Gasteiger partial charge is 0.123 e. The van der Waals surface area contributed by atoms with Gasteiger partial charge in [-0.3, -0.25) is 4.98 Å². The Bertz CT molecular complexity index is 689. The van der Waals surface area contributed by atoms with Crippen LogP contribution < -0.4 is 0 Å². The van der Waals surface area contributed by atoms with Crippen LogP contribution in [0.5, 0.6) is 0 Å². The van der Waals surface area contributed by atoms with E-state index in [1.807, 2.05) is 18.5 Å². The van der Waals surface area contributed by atoms with Crippen molar-refractivity contribution < 1.29 is 4.39 Å². The molecule has 4 heteroatoms. The fraction of sp³-hybridized carbons (Fsp3) is 0.0714. The number of aromatic nitrogens is 2. The largest absolute Gasteiger partial charge is 0.341 e. The molecule has 3 aromatic rings. The van der Waals surface area contributed by atoms with Crippen molar-refractivity contribution in [1.29, 1.82) is 0 Å². The highest BCUT2D eigenvalue weighted by Gasteiger charge is 2.06. The molecule has 90 valence electrons. The molecule has 0 saturated carbocycles. The quantitative estimate of drug-likeness (QED) is 0.700. The Morgan fingerprint density at radius 2 is 1.94 bits per heavy atom. The minimum Gasteiger partial charge on any atom is -0.341 e. The molecule has 0 unspecified atom stereocenters. The number of pyridine rings is 1. The summed E-state index contributed by atoms with van der Waals surface area (Å²) in [6, 6.07) is 8.53. The molecule has 0 atom stereocenters. The summed E-state index contributed by atoms with van der Waals surface area (Å²) in [4.78, 5) is 4.14. The molecule has 3 rings (SSSR count). The predicted octanol–water partition coefficient (Wildman–Crippen LogP) is 3.99. The molecule has 0 spiro atoms. The molecule has 0 N–H and O–H groups in total. The number of fused-ring (bicyclic) bond motifs is 1. The van der Waals surface area contributed by atoms with Crippen LogP contribution in [-0.4, -0.2) is 9.55 Å². The summed E-state index contributed by atoms with van der Waals surface area (Å²) in [5.41, 5.74) is 2.12. The molecular weight excluding hydrogens is 295 g/mol. The first kappa shape index (κ1) is 11.4. The number of hydrogen-bond acceptors (Lipinski definition) is 1. The van der Waals surface area contributed by atoms with Crippen molar-refractivity contribution in [2.75, 3.05) is 0 Å². The van der Waals surface area contributed by atoms with Crippen LogP contribution in [0.15, 0.2) is 53.4 Å². The fourth-order valence-electron chi connectivity index (χ4n) is 2.01. The van der Waals surface area contributed by atoms with E-state index in [-0.39, 0.29) is 5.82 Å². The van der Waals surface area contributed by atoms with E-state index in [0.29, 0.717) is 6.54 Å². The van der Waals surface area contributed by atoms with Gasteiger partial charge in [-0.25, -0.2) is 4.39 Å². The molecule has 2 nitrogen and oxygen atoms in total. The van der Waals surface area contributed by atoms with Gasteiger partial charge in [-0.15, -0.1) is 0 Å². The second-order valence-corrected chi connectivity index (χ2v) is 4.98. The Labute approximate surface area is 112 Å². The van der Waals surface area contributed by atoms with Crippen molar-refractivity contribution in [3.8, 4) is 0 Å². The molecule has 2 heterocycles. The second-order valence-electron chi connectivity index (χ2n) is 4.12. The third-order valence-electron chi connectivity index (χ3n) is 2.90. The maximum Gasteiger partial charge on any atom is 0.123 e. The Hall–Kier alpha value is -1.68. The normalized spacial score (nSPS) is 11.0. The van der Waals surface area contributed by atoms with Crippen molar-refractivity contribution in [3.05, 3.63) is 64.8 Å². The van der Waals surface area contributed by atoms with Gasteiger partial charge in [-0.1, -0.05) is 12.1 Å². The summed E-state index contributed by atoms with van der Waals surface area (Å²) in [6.07, 6.45) is 5.63. The number of hydrogen-bond donors (Lipinski definition) is 0. The minimum atomic E-state index is -0.209. The molecule has 0 fully saturated rings. The highest BCUT2D eigenvalue weighted by molar-refractivity contribution is 9.10. The highest BCUT2D eigenvalue weighted by atomic mass is 79.9. The zero-order valence-electron chi connectivity index (χ0n) is 9.48. The van der Waals surface area contributed by atoms with Crippen LogP contribution in [0, 0.1) is 5.82 Å². The third-order valence-corrected chi connectivity index (χ3v) is 3.53. The molecule has 1 aromatic carbocycles. The summed E-state index contributed by atoms with van der Waals surface area (Å²) in [7, 11) is 0. The van der Waals surface area contributed by atoms with Crippen molar-refractivity contribution >= 4 is 26.8 Å². The molecule has 0 aliphatic rings. The zero-order valence-corrected chi connectivity index (χ0v) is 11.1. The van der Waals surface area contributed by atoms with E-state index in [2.05, 4.69) is 25.5 Å². The molecule has 0 saturated heterocycles. The Balaban J connectivity index is 2.02. The van der Waals surface area contributed by atoms with Crippen molar-refractivity contribution in [1.82, 2.24) is 9.55 Å². The summed E-state index contributed by atoms with van der Waals surface area (Å²) >= 11 is 3.53. The van der Waals surface area contributed by atoms with Crippen molar-refractivity contribution in [3.63, 3.8) is 0 Å². The molecule has 0 radical (unpaired) electrons. The van der Waals surface area contributed by atoms with Gasteiger partial charge in [0.05, 0.1) is 11.7 Å². The maximum absolute atomic E-state index is 12.9. The van der Waals surface area contributed by atoms with Gasteiger partial charge in [-0.05, 0) is 39.7 Å². The number of benzene rings is 1. The van der Waals surface area contributed by atoms with Crippen LogP contribution in [0.25, 0.3) is 10.9 Å². The first-order valence-corrected chi connectivity index (χ1v) is 6.36. The van der Waals surface area contributed by atoms with Gasteiger partial charge in [0.2, 0.25) is 0 Å². The van der Waals surface area contributed by atoms with E-state index in [9.17, 15) is 4.39 Å². The van der Waals surface area contributed by atoms with Gasteiger partial charge < -0.3 is 4.57 Å². The van der Waals surface area contributed by atoms with Gasteiger partial charge >= 0.3 is 0 Å². The maximum atomic E-state index is 12.9. The molecule has 0 amide bonds. The van der Waals surface area contributed by atoms with E-state index in [4.69, 9.17) is 0 Å². The second kappa shape index (κ2) is 4.53. The zero-order chi connectivity index (χ0) is 12.5. The van der Waals surface area contributed by atoms with Gasteiger partial charge in [0.15, 0.2) is 0 Å². The minimum absolute atomic E-state index is 0.209. The number of rotatable bonds is 2. The van der Waals surface area contributed by atoms with Gasteiger partial charge in [0, 0.05) is 28.8 Å². The van der Waals surface area contributed by atoms with Gasteiger partial charge in [0.1, 0.15) is 5.82 Å². The highest BCUT2D eigenvalue weighted by Crippen LogP contribution is 2.25. The van der Waals surface area contributed by atoms with Gasteiger partial charge in [0.25, 0.3) is 0 Å². The lowest BCUT2D eigenvalue weighted by Gasteiger charge is -2.05. The van der Waals surface area contributed by atoms with Crippen LogP contribution in [-0.2, 0) is 6.54 Å². The molecule has 0 aliphatic carbocycles. The molecular formula is C14H10BrFN2. The van der Waals surface area contributed by atoms with E-state index in [0.717, 1.165) is 20.9 Å². The van der Waals surface area contributed by atoms with E-state index in [1.54, 1.807) is 18.3 Å². The van der Waals surface area contributed by atoms with Crippen LogP contribution in [0.3, 0.4) is 0 Å². The standard InChI is InChI=1S/C14H10BrFN2/c15-13-9-18(14-7-17-6-5-12(13)14)8-10-1-3-11(16)4-2-10/h1-7,9H,8H2. The topological polar surface area (TPSA) is 17.8 Å². The van der Waals surface area contributed by atoms with Crippen molar-refractivity contribution in [2.24, 2.45) is 0 Å². The average molecular weight is 305 g/mol. The summed E-state index contributed by atoms with van der Waals surface area (Å²) in [6.45, 7) is 0.702. The lowest BCUT2D eigenvalue weighted by molar-refractivity contribution is 0.626. The van der Waals surface area contributed by atoms with E-state index < -0.39 is 0 Å². The number of nitrogens with zero attached hydrogens (tertiary/aromatic N) is 2. The first-order chi connectivity index (χ1) is 8.74. The fourth-order valence-corrected chi connectivity index (χ4v) is 2.59. The Kier molecular flexibility index (Phi) is 2.88. The third kappa shape index (κ3) is 2.04.